The van der Waals surface area contributed by atoms with Crippen LogP contribution in [0.3, 0.4) is 0 Å². The number of hydrogen-bond acceptors (Lipinski definition) is 1. The van der Waals surface area contributed by atoms with Crippen LogP contribution in [-0.2, 0) is 0 Å². The molecule has 0 radical (unpaired) electrons. The largest absolute Gasteiger partial charge is 0.331 e. The van der Waals surface area contributed by atoms with E-state index in [1.165, 1.54) is 16.7 Å². The summed E-state index contributed by atoms with van der Waals surface area (Å²) in [5.41, 5.74) is 5.47. The molecular formula is C18H21ClN2O. The molecule has 0 saturated heterocycles. The first-order valence-corrected chi connectivity index (χ1v) is 7.65. The molecule has 0 fully saturated rings. The van der Waals surface area contributed by atoms with Crippen molar-refractivity contribution in [3.05, 3.63) is 63.7 Å². The van der Waals surface area contributed by atoms with Crippen LogP contribution in [0.2, 0.25) is 5.02 Å². The van der Waals surface area contributed by atoms with Crippen LogP contribution < -0.4 is 10.6 Å². The summed E-state index contributed by atoms with van der Waals surface area (Å²) < 4.78 is 0. The van der Waals surface area contributed by atoms with E-state index in [0.29, 0.717) is 10.7 Å². The normalized spacial score (nSPS) is 11.9. The van der Waals surface area contributed by atoms with E-state index in [-0.39, 0.29) is 12.1 Å². The average molecular weight is 317 g/mol. The zero-order valence-corrected chi connectivity index (χ0v) is 14.1. The lowest BCUT2D eigenvalue weighted by Crippen LogP contribution is -2.31. The van der Waals surface area contributed by atoms with Gasteiger partial charge in [0.1, 0.15) is 0 Å². The molecule has 0 aromatic heterocycles. The Morgan fingerprint density at radius 3 is 2.41 bits per heavy atom. The fourth-order valence-electron chi connectivity index (χ4n) is 2.46. The number of urea groups is 1. The second kappa shape index (κ2) is 6.84. The van der Waals surface area contributed by atoms with Gasteiger partial charge >= 0.3 is 6.03 Å². The molecule has 0 saturated carbocycles. The molecule has 0 heterocycles. The lowest BCUT2D eigenvalue weighted by molar-refractivity contribution is 0.249. The Labute approximate surface area is 136 Å². The van der Waals surface area contributed by atoms with Gasteiger partial charge in [-0.2, -0.15) is 0 Å². The molecule has 116 valence electrons. The van der Waals surface area contributed by atoms with Crippen molar-refractivity contribution < 1.29 is 4.79 Å². The molecule has 2 rings (SSSR count). The summed E-state index contributed by atoms with van der Waals surface area (Å²) in [5.74, 6) is 0. The van der Waals surface area contributed by atoms with Crippen LogP contribution in [0.25, 0.3) is 0 Å². The Balaban J connectivity index is 2.07. The molecule has 2 amide bonds. The summed E-state index contributed by atoms with van der Waals surface area (Å²) in [4.78, 5) is 12.1. The summed E-state index contributed by atoms with van der Waals surface area (Å²) in [6.07, 6.45) is 0. The van der Waals surface area contributed by atoms with E-state index in [9.17, 15) is 4.79 Å². The molecule has 3 nitrogen and oxygen atoms in total. The van der Waals surface area contributed by atoms with E-state index in [1.54, 1.807) is 24.3 Å². The van der Waals surface area contributed by atoms with Gasteiger partial charge in [-0.05, 0) is 68.1 Å². The number of nitrogens with one attached hydrogen (secondary N) is 2. The number of carbonyl (C=O) groups excluding carboxylic acids is 1. The number of aryl methyl sites for hydroxylation is 3. The third-order valence-electron chi connectivity index (χ3n) is 3.78. The highest BCUT2D eigenvalue weighted by atomic mass is 35.5. The molecule has 2 N–H and O–H groups in total. The predicted molar refractivity (Wildman–Crippen MR) is 92.7 cm³/mol. The van der Waals surface area contributed by atoms with E-state index in [2.05, 4.69) is 43.5 Å². The summed E-state index contributed by atoms with van der Waals surface area (Å²) >= 11 is 5.91. The summed E-state index contributed by atoms with van der Waals surface area (Å²) in [6, 6.07) is 11.1. The van der Waals surface area contributed by atoms with Gasteiger partial charge in [-0.25, -0.2) is 4.79 Å². The summed E-state index contributed by atoms with van der Waals surface area (Å²) in [7, 11) is 0. The first-order valence-electron chi connectivity index (χ1n) is 7.27. The lowest BCUT2D eigenvalue weighted by atomic mass is 9.97. The maximum atomic E-state index is 12.1. The topological polar surface area (TPSA) is 41.1 Å². The van der Waals surface area contributed by atoms with Gasteiger partial charge in [-0.3, -0.25) is 0 Å². The number of rotatable bonds is 3. The number of anilines is 1. The zero-order valence-electron chi connectivity index (χ0n) is 13.3. The van der Waals surface area contributed by atoms with Crippen LogP contribution in [0.4, 0.5) is 10.5 Å². The van der Waals surface area contributed by atoms with Gasteiger partial charge in [0.05, 0.1) is 6.04 Å². The number of benzene rings is 2. The van der Waals surface area contributed by atoms with Crippen molar-refractivity contribution in [3.8, 4) is 0 Å². The SMILES string of the molecule is Cc1cc(C)c(C(C)NC(=O)Nc2cccc(Cl)c2)cc1C. The van der Waals surface area contributed by atoms with Gasteiger partial charge in [0.25, 0.3) is 0 Å². The monoisotopic (exact) mass is 316 g/mol. The summed E-state index contributed by atoms with van der Waals surface area (Å²) in [5, 5.41) is 6.35. The number of hydrogen-bond donors (Lipinski definition) is 2. The molecular weight excluding hydrogens is 296 g/mol. The molecule has 2 aromatic rings. The van der Waals surface area contributed by atoms with Gasteiger partial charge in [0, 0.05) is 10.7 Å². The van der Waals surface area contributed by atoms with Gasteiger partial charge in [-0.15, -0.1) is 0 Å². The zero-order chi connectivity index (χ0) is 16.3. The van der Waals surface area contributed by atoms with Crippen molar-refractivity contribution >= 4 is 23.3 Å². The maximum absolute atomic E-state index is 12.1. The highest BCUT2D eigenvalue weighted by Crippen LogP contribution is 2.22. The molecule has 4 heteroatoms. The predicted octanol–water partition coefficient (Wildman–Crippen LogP) is 5.15. The first-order chi connectivity index (χ1) is 10.4. The van der Waals surface area contributed by atoms with Crippen LogP contribution in [0.5, 0.6) is 0 Å². The maximum Gasteiger partial charge on any atom is 0.319 e. The van der Waals surface area contributed by atoms with E-state index < -0.39 is 0 Å². The minimum absolute atomic E-state index is 0.0708. The molecule has 2 aromatic carbocycles. The molecule has 22 heavy (non-hydrogen) atoms. The smallest absolute Gasteiger partial charge is 0.319 e. The Morgan fingerprint density at radius 1 is 1.05 bits per heavy atom. The van der Waals surface area contributed by atoms with Crippen molar-refractivity contribution in [1.29, 1.82) is 0 Å². The number of carbonyl (C=O) groups is 1. The second-order valence-electron chi connectivity index (χ2n) is 5.62. The lowest BCUT2D eigenvalue weighted by Gasteiger charge is -2.19. The van der Waals surface area contributed by atoms with Gasteiger partial charge in [0.2, 0.25) is 0 Å². The van der Waals surface area contributed by atoms with Crippen LogP contribution in [0.1, 0.15) is 35.2 Å². The van der Waals surface area contributed by atoms with E-state index in [0.717, 1.165) is 5.56 Å². The van der Waals surface area contributed by atoms with Crippen molar-refractivity contribution in [2.45, 2.75) is 33.7 Å². The summed E-state index contributed by atoms with van der Waals surface area (Å²) in [6.45, 7) is 8.22. The van der Waals surface area contributed by atoms with E-state index in [4.69, 9.17) is 11.6 Å². The molecule has 0 aliphatic heterocycles. The van der Waals surface area contributed by atoms with Crippen LogP contribution >= 0.6 is 11.6 Å². The fourth-order valence-corrected chi connectivity index (χ4v) is 2.65. The molecule has 0 spiro atoms. The minimum atomic E-state index is -0.243. The Morgan fingerprint density at radius 2 is 1.73 bits per heavy atom. The number of halogens is 1. The molecule has 0 bridgehead atoms. The van der Waals surface area contributed by atoms with Crippen molar-refractivity contribution in [1.82, 2.24) is 5.32 Å². The third kappa shape index (κ3) is 4.01. The average Bonchev–Trinajstić information content (AvgIpc) is 2.42. The Kier molecular flexibility index (Phi) is 5.09. The number of amides is 2. The van der Waals surface area contributed by atoms with E-state index in [1.807, 2.05) is 6.92 Å². The minimum Gasteiger partial charge on any atom is -0.331 e. The van der Waals surface area contributed by atoms with Gasteiger partial charge < -0.3 is 10.6 Å². The molecule has 1 unspecified atom stereocenters. The standard InChI is InChI=1S/C18H21ClN2O/c1-11-8-13(3)17(9-12(11)2)14(4)20-18(22)21-16-7-5-6-15(19)10-16/h5-10,14H,1-4H3,(H2,20,21,22). The fraction of sp³-hybridized carbons (Fsp3) is 0.278. The highest BCUT2D eigenvalue weighted by Gasteiger charge is 2.13. The van der Waals surface area contributed by atoms with Crippen LogP contribution in [-0.4, -0.2) is 6.03 Å². The van der Waals surface area contributed by atoms with Gasteiger partial charge in [0.15, 0.2) is 0 Å². The van der Waals surface area contributed by atoms with Gasteiger partial charge in [-0.1, -0.05) is 29.8 Å². The Bertz CT molecular complexity index is 697. The van der Waals surface area contributed by atoms with E-state index >= 15 is 0 Å². The Hall–Kier alpha value is -2.00. The van der Waals surface area contributed by atoms with Crippen molar-refractivity contribution in [2.24, 2.45) is 0 Å². The quantitative estimate of drug-likeness (QED) is 0.808. The second-order valence-corrected chi connectivity index (χ2v) is 6.06. The first kappa shape index (κ1) is 16.4. The van der Waals surface area contributed by atoms with Crippen molar-refractivity contribution in [2.75, 3.05) is 5.32 Å². The third-order valence-corrected chi connectivity index (χ3v) is 4.01. The van der Waals surface area contributed by atoms with Crippen LogP contribution in [0, 0.1) is 20.8 Å². The van der Waals surface area contributed by atoms with Crippen LogP contribution in [0.15, 0.2) is 36.4 Å². The highest BCUT2D eigenvalue weighted by molar-refractivity contribution is 6.30. The molecule has 0 aliphatic rings. The van der Waals surface area contributed by atoms with Crippen molar-refractivity contribution in [3.63, 3.8) is 0 Å². The molecule has 0 aliphatic carbocycles. The molecule has 1 atom stereocenters.